The number of rotatable bonds is 2. The van der Waals surface area contributed by atoms with Crippen LogP contribution in [0.4, 0.5) is 0 Å². The Hall–Kier alpha value is -0.760. The summed E-state index contributed by atoms with van der Waals surface area (Å²) in [6.45, 7) is 3.00. The Labute approximate surface area is 55.3 Å². The zero-order valence-electron chi connectivity index (χ0n) is 5.86. The number of hydrogen-bond donors (Lipinski definition) is 2. The fraction of sp³-hybridized carbons (Fsp3) is 0.429. The average Bonchev–Trinajstić information content (AvgIpc) is 2.17. The molecule has 0 atom stereocenters. The lowest BCUT2D eigenvalue weighted by molar-refractivity contribution is 0.797. The van der Waals surface area contributed by atoms with Gasteiger partial charge in [-0.2, -0.15) is 0 Å². The van der Waals surface area contributed by atoms with Crippen molar-refractivity contribution in [3.63, 3.8) is 0 Å². The number of aryl methyl sites for hydroxylation is 1. The molecule has 9 heavy (non-hydrogen) atoms. The molecule has 0 amide bonds. The Morgan fingerprint density at radius 2 is 2.44 bits per heavy atom. The van der Waals surface area contributed by atoms with E-state index in [1.165, 1.54) is 11.3 Å². The summed E-state index contributed by atoms with van der Waals surface area (Å²) in [4.78, 5) is 3.14. The first-order chi connectivity index (χ1) is 4.33. The van der Waals surface area contributed by atoms with E-state index in [-0.39, 0.29) is 0 Å². The summed E-state index contributed by atoms with van der Waals surface area (Å²) < 4.78 is 0. The van der Waals surface area contributed by atoms with E-state index >= 15 is 0 Å². The number of H-pyrrole nitrogens is 1. The lowest BCUT2D eigenvalue weighted by Crippen LogP contribution is -2.04. The zero-order valence-corrected chi connectivity index (χ0v) is 5.86. The van der Waals surface area contributed by atoms with E-state index < -0.39 is 0 Å². The Morgan fingerprint density at radius 1 is 1.67 bits per heavy atom. The lowest BCUT2D eigenvalue weighted by Gasteiger charge is -1.91. The molecule has 0 aliphatic carbocycles. The molecule has 0 radical (unpaired) electrons. The number of aromatic nitrogens is 1. The van der Waals surface area contributed by atoms with Crippen molar-refractivity contribution >= 4 is 0 Å². The molecular formula is C7H12N2. The molecule has 0 bridgehead atoms. The van der Waals surface area contributed by atoms with Crippen LogP contribution in [0.25, 0.3) is 0 Å². The molecule has 0 aliphatic heterocycles. The molecule has 0 aliphatic rings. The molecule has 0 saturated carbocycles. The second kappa shape index (κ2) is 2.69. The van der Waals surface area contributed by atoms with Crippen molar-refractivity contribution in [2.45, 2.75) is 13.5 Å². The molecule has 50 valence electrons. The minimum Gasteiger partial charge on any atom is -0.364 e. The summed E-state index contributed by atoms with van der Waals surface area (Å²) >= 11 is 0. The first kappa shape index (κ1) is 6.36. The fourth-order valence-corrected chi connectivity index (χ4v) is 0.857. The van der Waals surface area contributed by atoms with Crippen molar-refractivity contribution in [3.8, 4) is 0 Å². The standard InChI is InChI=1S/C7H12N2/c1-6-3-7(5-8-2)9-4-6/h3-4,8-9H,5H2,1-2H3. The van der Waals surface area contributed by atoms with Crippen molar-refractivity contribution in [1.82, 2.24) is 10.3 Å². The third kappa shape index (κ3) is 1.57. The SMILES string of the molecule is CNCc1cc(C)c[nH]1. The Morgan fingerprint density at radius 3 is 2.89 bits per heavy atom. The number of aromatic amines is 1. The van der Waals surface area contributed by atoms with Gasteiger partial charge in [-0.25, -0.2) is 0 Å². The highest BCUT2D eigenvalue weighted by Gasteiger charge is 1.90. The molecule has 0 fully saturated rings. The Bertz CT molecular complexity index is 179. The van der Waals surface area contributed by atoms with Gasteiger partial charge < -0.3 is 10.3 Å². The van der Waals surface area contributed by atoms with E-state index in [2.05, 4.69) is 23.3 Å². The van der Waals surface area contributed by atoms with Crippen LogP contribution in [0, 0.1) is 6.92 Å². The number of hydrogen-bond acceptors (Lipinski definition) is 1. The molecule has 0 spiro atoms. The maximum Gasteiger partial charge on any atom is 0.0354 e. The molecule has 1 heterocycles. The molecule has 1 aromatic rings. The quantitative estimate of drug-likeness (QED) is 0.605. The topological polar surface area (TPSA) is 27.8 Å². The lowest BCUT2D eigenvalue weighted by atomic mass is 10.3. The maximum atomic E-state index is 3.14. The van der Waals surface area contributed by atoms with Crippen molar-refractivity contribution in [1.29, 1.82) is 0 Å². The predicted molar refractivity (Wildman–Crippen MR) is 38.3 cm³/mol. The smallest absolute Gasteiger partial charge is 0.0354 e. The summed E-state index contributed by atoms with van der Waals surface area (Å²) in [5.74, 6) is 0. The van der Waals surface area contributed by atoms with Crippen molar-refractivity contribution in [2.24, 2.45) is 0 Å². The van der Waals surface area contributed by atoms with Gasteiger partial charge in [0.1, 0.15) is 0 Å². The summed E-state index contributed by atoms with van der Waals surface area (Å²) in [6, 6.07) is 2.14. The maximum absolute atomic E-state index is 3.14. The van der Waals surface area contributed by atoms with Gasteiger partial charge in [0.25, 0.3) is 0 Å². The summed E-state index contributed by atoms with van der Waals surface area (Å²) in [6.07, 6.45) is 2.01. The highest BCUT2D eigenvalue weighted by atomic mass is 14.8. The van der Waals surface area contributed by atoms with Crippen LogP contribution >= 0.6 is 0 Å². The average molecular weight is 124 g/mol. The summed E-state index contributed by atoms with van der Waals surface area (Å²) in [5, 5.41) is 3.07. The molecular weight excluding hydrogens is 112 g/mol. The van der Waals surface area contributed by atoms with Crippen LogP contribution in [0.3, 0.4) is 0 Å². The van der Waals surface area contributed by atoms with Gasteiger partial charge in [-0.05, 0) is 25.6 Å². The second-order valence-electron chi connectivity index (χ2n) is 2.23. The molecule has 2 nitrogen and oxygen atoms in total. The van der Waals surface area contributed by atoms with Gasteiger partial charge >= 0.3 is 0 Å². The highest BCUT2D eigenvalue weighted by molar-refractivity contribution is 5.14. The minimum atomic E-state index is 0.924. The molecule has 1 aromatic heterocycles. The van der Waals surface area contributed by atoms with E-state index in [4.69, 9.17) is 0 Å². The van der Waals surface area contributed by atoms with Crippen LogP contribution in [0.1, 0.15) is 11.3 Å². The zero-order chi connectivity index (χ0) is 6.69. The Kier molecular flexibility index (Phi) is 1.90. The van der Waals surface area contributed by atoms with Gasteiger partial charge in [0.05, 0.1) is 0 Å². The van der Waals surface area contributed by atoms with Crippen molar-refractivity contribution in [3.05, 3.63) is 23.5 Å². The minimum absolute atomic E-state index is 0.924. The van der Waals surface area contributed by atoms with Gasteiger partial charge in [-0.3, -0.25) is 0 Å². The van der Waals surface area contributed by atoms with Gasteiger partial charge in [0.2, 0.25) is 0 Å². The molecule has 1 rings (SSSR count). The second-order valence-corrected chi connectivity index (χ2v) is 2.23. The van der Waals surface area contributed by atoms with Gasteiger partial charge in [0, 0.05) is 18.4 Å². The summed E-state index contributed by atoms with van der Waals surface area (Å²) in [5.41, 5.74) is 2.54. The van der Waals surface area contributed by atoms with Gasteiger partial charge in [-0.1, -0.05) is 0 Å². The van der Waals surface area contributed by atoms with E-state index in [1.54, 1.807) is 0 Å². The first-order valence-electron chi connectivity index (χ1n) is 3.11. The normalized spacial score (nSPS) is 10.0. The molecule has 0 aromatic carbocycles. The highest BCUT2D eigenvalue weighted by Crippen LogP contribution is 1.99. The molecule has 2 heteroatoms. The van der Waals surface area contributed by atoms with Crippen LogP contribution in [-0.4, -0.2) is 12.0 Å². The number of nitrogens with one attached hydrogen (secondary N) is 2. The first-order valence-corrected chi connectivity index (χ1v) is 3.11. The van der Waals surface area contributed by atoms with E-state index in [1.807, 2.05) is 13.2 Å². The van der Waals surface area contributed by atoms with Crippen molar-refractivity contribution in [2.75, 3.05) is 7.05 Å². The van der Waals surface area contributed by atoms with Crippen LogP contribution in [0.2, 0.25) is 0 Å². The van der Waals surface area contributed by atoms with Gasteiger partial charge in [-0.15, -0.1) is 0 Å². The summed E-state index contributed by atoms with van der Waals surface area (Å²) in [7, 11) is 1.94. The molecule has 0 unspecified atom stereocenters. The predicted octanol–water partition coefficient (Wildman–Crippen LogP) is 1.04. The monoisotopic (exact) mass is 124 g/mol. The van der Waals surface area contributed by atoms with E-state index in [9.17, 15) is 0 Å². The fourth-order valence-electron chi connectivity index (χ4n) is 0.857. The van der Waals surface area contributed by atoms with Crippen LogP contribution in [0.15, 0.2) is 12.3 Å². The largest absolute Gasteiger partial charge is 0.364 e. The van der Waals surface area contributed by atoms with Crippen LogP contribution in [-0.2, 0) is 6.54 Å². The van der Waals surface area contributed by atoms with E-state index in [0.717, 1.165) is 6.54 Å². The molecule has 2 N–H and O–H groups in total. The third-order valence-electron chi connectivity index (χ3n) is 1.25. The molecule has 0 saturated heterocycles. The van der Waals surface area contributed by atoms with Crippen molar-refractivity contribution < 1.29 is 0 Å². The Balaban J connectivity index is 2.61. The van der Waals surface area contributed by atoms with Crippen LogP contribution < -0.4 is 5.32 Å². The van der Waals surface area contributed by atoms with Crippen LogP contribution in [0.5, 0.6) is 0 Å². The van der Waals surface area contributed by atoms with E-state index in [0.29, 0.717) is 0 Å². The third-order valence-corrected chi connectivity index (χ3v) is 1.25. The van der Waals surface area contributed by atoms with Gasteiger partial charge in [0.15, 0.2) is 0 Å².